The summed E-state index contributed by atoms with van der Waals surface area (Å²) in [5.74, 6) is 0.373. The van der Waals surface area contributed by atoms with E-state index in [2.05, 4.69) is 15.3 Å². The van der Waals surface area contributed by atoms with Gasteiger partial charge in [0.05, 0.1) is 0 Å². The summed E-state index contributed by atoms with van der Waals surface area (Å²) >= 11 is 0. The maximum Gasteiger partial charge on any atom is 0.220 e. The van der Waals surface area contributed by atoms with E-state index in [1.54, 1.807) is 6.20 Å². The zero-order valence-electron chi connectivity index (χ0n) is 8.24. The number of aromatic nitrogens is 2. The molecule has 14 heavy (non-hydrogen) atoms. The molecule has 1 saturated heterocycles. The zero-order chi connectivity index (χ0) is 9.80. The van der Waals surface area contributed by atoms with Crippen LogP contribution in [-0.4, -0.2) is 22.6 Å². The third-order valence-electron chi connectivity index (χ3n) is 2.60. The number of anilines is 1. The molecule has 3 N–H and O–H groups in total. The monoisotopic (exact) mass is 192 g/mol. The fourth-order valence-corrected chi connectivity index (χ4v) is 1.88. The van der Waals surface area contributed by atoms with E-state index in [1.165, 1.54) is 19.3 Å². The third-order valence-corrected chi connectivity index (χ3v) is 2.60. The fraction of sp³-hybridized carbons (Fsp3) is 0.600. The predicted octanol–water partition coefficient (Wildman–Crippen LogP) is 0.743. The summed E-state index contributed by atoms with van der Waals surface area (Å²) in [4.78, 5) is 8.07. The van der Waals surface area contributed by atoms with Crippen LogP contribution in [0.4, 0.5) is 5.95 Å². The molecule has 0 radical (unpaired) electrons. The van der Waals surface area contributed by atoms with Gasteiger partial charge in [-0.25, -0.2) is 9.97 Å². The van der Waals surface area contributed by atoms with Crippen LogP contribution < -0.4 is 11.1 Å². The summed E-state index contributed by atoms with van der Waals surface area (Å²) in [7, 11) is 0. The highest BCUT2D eigenvalue weighted by Crippen LogP contribution is 2.11. The molecule has 0 aromatic carbocycles. The Morgan fingerprint density at radius 2 is 2.43 bits per heavy atom. The Labute approximate surface area is 83.9 Å². The van der Waals surface area contributed by atoms with Gasteiger partial charge in [-0.15, -0.1) is 0 Å². The van der Waals surface area contributed by atoms with Crippen LogP contribution in [-0.2, 0) is 6.42 Å². The lowest BCUT2D eigenvalue weighted by Crippen LogP contribution is -2.35. The van der Waals surface area contributed by atoms with Gasteiger partial charge in [0, 0.05) is 24.4 Å². The van der Waals surface area contributed by atoms with E-state index in [4.69, 9.17) is 5.73 Å². The molecule has 1 unspecified atom stereocenters. The van der Waals surface area contributed by atoms with Crippen LogP contribution in [0.15, 0.2) is 12.3 Å². The van der Waals surface area contributed by atoms with Crippen molar-refractivity contribution < 1.29 is 0 Å². The van der Waals surface area contributed by atoms with Gasteiger partial charge in [0.15, 0.2) is 0 Å². The topological polar surface area (TPSA) is 63.8 Å². The van der Waals surface area contributed by atoms with Crippen LogP contribution in [0.2, 0.25) is 0 Å². The molecule has 0 saturated carbocycles. The lowest BCUT2D eigenvalue weighted by molar-refractivity contribution is 0.397. The summed E-state index contributed by atoms with van der Waals surface area (Å²) in [6.07, 6.45) is 6.54. The SMILES string of the molecule is Nc1nccc(CC2CCCCN2)n1. The van der Waals surface area contributed by atoms with Gasteiger partial charge in [0.25, 0.3) is 0 Å². The van der Waals surface area contributed by atoms with Crippen molar-refractivity contribution in [2.24, 2.45) is 0 Å². The number of nitrogen functional groups attached to an aromatic ring is 1. The Bertz CT molecular complexity index is 294. The first kappa shape index (κ1) is 9.40. The molecule has 1 atom stereocenters. The molecule has 0 aliphatic carbocycles. The Morgan fingerprint density at radius 3 is 3.14 bits per heavy atom. The standard InChI is InChI=1S/C10H16N4/c11-10-13-6-4-9(14-10)7-8-3-1-2-5-12-8/h4,6,8,12H,1-3,5,7H2,(H2,11,13,14). The molecule has 2 heterocycles. The number of piperidine rings is 1. The normalized spacial score (nSPS) is 22.1. The summed E-state index contributed by atoms with van der Waals surface area (Å²) in [6, 6.07) is 2.50. The van der Waals surface area contributed by atoms with E-state index in [0.29, 0.717) is 12.0 Å². The summed E-state index contributed by atoms with van der Waals surface area (Å²) in [5, 5.41) is 3.49. The highest BCUT2D eigenvalue weighted by Gasteiger charge is 2.13. The summed E-state index contributed by atoms with van der Waals surface area (Å²) in [5.41, 5.74) is 6.56. The van der Waals surface area contributed by atoms with Gasteiger partial charge in [0.1, 0.15) is 0 Å². The lowest BCUT2D eigenvalue weighted by atomic mass is 10.0. The Hall–Kier alpha value is -1.16. The second-order valence-corrected chi connectivity index (χ2v) is 3.76. The van der Waals surface area contributed by atoms with Crippen LogP contribution in [0.3, 0.4) is 0 Å². The predicted molar refractivity (Wildman–Crippen MR) is 55.8 cm³/mol. The second kappa shape index (κ2) is 4.37. The molecule has 1 aliphatic heterocycles. The number of rotatable bonds is 2. The van der Waals surface area contributed by atoms with Crippen molar-refractivity contribution in [1.29, 1.82) is 0 Å². The van der Waals surface area contributed by atoms with Crippen molar-refractivity contribution in [1.82, 2.24) is 15.3 Å². The minimum atomic E-state index is 0.373. The number of nitrogens with one attached hydrogen (secondary N) is 1. The molecule has 1 aromatic heterocycles. The fourth-order valence-electron chi connectivity index (χ4n) is 1.88. The van der Waals surface area contributed by atoms with E-state index >= 15 is 0 Å². The van der Waals surface area contributed by atoms with Crippen LogP contribution in [0.25, 0.3) is 0 Å². The van der Waals surface area contributed by atoms with Gasteiger partial charge in [-0.05, 0) is 25.5 Å². The maximum atomic E-state index is 5.52. The van der Waals surface area contributed by atoms with Gasteiger partial charge in [-0.3, -0.25) is 0 Å². The highest BCUT2D eigenvalue weighted by molar-refractivity contribution is 5.17. The molecule has 4 heteroatoms. The Kier molecular flexibility index (Phi) is 2.93. The molecule has 0 spiro atoms. The number of hydrogen-bond acceptors (Lipinski definition) is 4. The van der Waals surface area contributed by atoms with Crippen molar-refractivity contribution in [3.05, 3.63) is 18.0 Å². The van der Waals surface area contributed by atoms with E-state index < -0.39 is 0 Å². The van der Waals surface area contributed by atoms with Crippen LogP contribution >= 0.6 is 0 Å². The third kappa shape index (κ3) is 2.42. The Morgan fingerprint density at radius 1 is 1.50 bits per heavy atom. The number of nitrogens with zero attached hydrogens (tertiary/aromatic N) is 2. The van der Waals surface area contributed by atoms with Crippen LogP contribution in [0, 0.1) is 0 Å². The molecule has 76 valence electrons. The van der Waals surface area contributed by atoms with Gasteiger partial charge in [0.2, 0.25) is 5.95 Å². The van der Waals surface area contributed by atoms with Crippen LogP contribution in [0.5, 0.6) is 0 Å². The van der Waals surface area contributed by atoms with Gasteiger partial charge in [-0.1, -0.05) is 6.42 Å². The number of hydrogen-bond donors (Lipinski definition) is 2. The summed E-state index contributed by atoms with van der Waals surface area (Å²) < 4.78 is 0. The van der Waals surface area contributed by atoms with Gasteiger partial charge in [-0.2, -0.15) is 0 Å². The average Bonchev–Trinajstić information content (AvgIpc) is 2.19. The van der Waals surface area contributed by atoms with Crippen molar-refractivity contribution in [3.8, 4) is 0 Å². The minimum absolute atomic E-state index is 0.373. The van der Waals surface area contributed by atoms with Crippen molar-refractivity contribution in [2.75, 3.05) is 12.3 Å². The second-order valence-electron chi connectivity index (χ2n) is 3.76. The zero-order valence-corrected chi connectivity index (χ0v) is 8.24. The molecule has 2 rings (SSSR count). The van der Waals surface area contributed by atoms with Gasteiger partial charge < -0.3 is 11.1 Å². The molecule has 1 aromatic rings. The summed E-state index contributed by atoms with van der Waals surface area (Å²) in [6.45, 7) is 1.13. The average molecular weight is 192 g/mol. The first-order valence-corrected chi connectivity index (χ1v) is 5.15. The number of nitrogens with two attached hydrogens (primary N) is 1. The molecule has 0 amide bonds. The maximum absolute atomic E-state index is 5.52. The van der Waals surface area contributed by atoms with Crippen LogP contribution in [0.1, 0.15) is 25.0 Å². The molecular weight excluding hydrogens is 176 g/mol. The molecule has 4 nitrogen and oxygen atoms in total. The highest BCUT2D eigenvalue weighted by atomic mass is 15.0. The van der Waals surface area contributed by atoms with E-state index in [0.717, 1.165) is 18.7 Å². The van der Waals surface area contributed by atoms with Crippen molar-refractivity contribution in [3.63, 3.8) is 0 Å². The van der Waals surface area contributed by atoms with Crippen molar-refractivity contribution in [2.45, 2.75) is 31.7 Å². The molecule has 1 aliphatic rings. The minimum Gasteiger partial charge on any atom is -0.368 e. The largest absolute Gasteiger partial charge is 0.368 e. The van der Waals surface area contributed by atoms with Crippen molar-refractivity contribution >= 4 is 5.95 Å². The lowest BCUT2D eigenvalue weighted by Gasteiger charge is -2.22. The first-order valence-electron chi connectivity index (χ1n) is 5.15. The smallest absolute Gasteiger partial charge is 0.220 e. The van der Waals surface area contributed by atoms with E-state index in [1.807, 2.05) is 6.07 Å². The molecule has 1 fully saturated rings. The van der Waals surface area contributed by atoms with E-state index in [9.17, 15) is 0 Å². The first-order chi connectivity index (χ1) is 6.84. The quantitative estimate of drug-likeness (QED) is 0.725. The van der Waals surface area contributed by atoms with Gasteiger partial charge >= 0.3 is 0 Å². The molecular formula is C10H16N4. The molecule has 0 bridgehead atoms. The van der Waals surface area contributed by atoms with E-state index in [-0.39, 0.29) is 0 Å². The Balaban J connectivity index is 1.95.